The summed E-state index contributed by atoms with van der Waals surface area (Å²) in [6, 6.07) is 17.5. The quantitative estimate of drug-likeness (QED) is 0.258. The largest absolute Gasteiger partial charge is 0.457 e. The second-order valence-corrected chi connectivity index (χ2v) is 8.88. The van der Waals surface area contributed by atoms with Gasteiger partial charge in [0.25, 0.3) is 5.69 Å². The van der Waals surface area contributed by atoms with Crippen LogP contribution in [0.15, 0.2) is 71.9 Å². The average molecular weight is 450 g/mol. The molecule has 1 aromatic heterocycles. The van der Waals surface area contributed by atoms with Gasteiger partial charge in [0, 0.05) is 42.2 Å². The molecule has 0 radical (unpaired) electrons. The summed E-state index contributed by atoms with van der Waals surface area (Å²) in [6.07, 6.45) is 3.62. The van der Waals surface area contributed by atoms with Gasteiger partial charge in [0.2, 0.25) is 0 Å². The van der Waals surface area contributed by atoms with Crippen LogP contribution in [-0.2, 0) is 0 Å². The third kappa shape index (κ3) is 5.26. The zero-order valence-corrected chi connectivity index (χ0v) is 18.5. The van der Waals surface area contributed by atoms with E-state index in [0.29, 0.717) is 28.0 Å². The number of piperidine rings is 1. The number of thioether (sulfide) groups is 1. The number of carbonyl (C=O) groups is 1. The van der Waals surface area contributed by atoms with Crippen molar-refractivity contribution in [2.24, 2.45) is 0 Å². The van der Waals surface area contributed by atoms with E-state index in [0.717, 1.165) is 31.0 Å². The number of ether oxygens (including phenoxy) is 1. The van der Waals surface area contributed by atoms with Crippen molar-refractivity contribution < 1.29 is 14.5 Å². The summed E-state index contributed by atoms with van der Waals surface area (Å²) in [6.45, 7) is 2.96. The lowest BCUT2D eigenvalue weighted by Crippen LogP contribution is -2.35. The normalized spacial score (nSPS) is 14.2. The Kier molecular flexibility index (Phi) is 6.70. The molecule has 3 aromatic rings. The van der Waals surface area contributed by atoms with Gasteiger partial charge in [0.15, 0.2) is 5.78 Å². The van der Waals surface area contributed by atoms with Crippen molar-refractivity contribution in [2.75, 3.05) is 18.0 Å². The van der Waals surface area contributed by atoms with Crippen LogP contribution in [0.5, 0.6) is 11.5 Å². The summed E-state index contributed by atoms with van der Waals surface area (Å²) < 4.78 is 5.91. The maximum atomic E-state index is 11.6. The van der Waals surface area contributed by atoms with E-state index in [-0.39, 0.29) is 16.4 Å². The van der Waals surface area contributed by atoms with Crippen LogP contribution in [0.25, 0.3) is 0 Å². The maximum absolute atomic E-state index is 11.6. The molecule has 0 unspecified atom stereocenters. The number of Topliss-reactive ketones (excluding diaryl/α,β-unsaturated/α-hetero) is 1. The highest BCUT2D eigenvalue weighted by Crippen LogP contribution is 2.37. The van der Waals surface area contributed by atoms with E-state index in [2.05, 4.69) is 9.88 Å². The van der Waals surface area contributed by atoms with Gasteiger partial charge in [-0.25, -0.2) is 4.98 Å². The summed E-state index contributed by atoms with van der Waals surface area (Å²) in [5.74, 6) is 1.07. The molecule has 0 atom stereocenters. The second-order valence-electron chi connectivity index (χ2n) is 7.56. The molecule has 0 aliphatic carbocycles. The molecule has 32 heavy (non-hydrogen) atoms. The van der Waals surface area contributed by atoms with Gasteiger partial charge in [-0.05, 0) is 62.2 Å². The minimum Gasteiger partial charge on any atom is -0.457 e. The van der Waals surface area contributed by atoms with Crippen molar-refractivity contribution in [3.05, 3.63) is 82.5 Å². The lowest BCUT2D eigenvalue weighted by Gasteiger charge is -2.33. The zero-order chi connectivity index (χ0) is 22.5. The average Bonchev–Trinajstić information content (AvgIpc) is 2.80. The number of ketones is 1. The molecule has 0 saturated carbocycles. The van der Waals surface area contributed by atoms with Crippen molar-refractivity contribution in [3.8, 4) is 11.5 Å². The van der Waals surface area contributed by atoms with Crippen molar-refractivity contribution >= 4 is 28.9 Å². The molecule has 0 spiro atoms. The van der Waals surface area contributed by atoms with Crippen molar-refractivity contribution in [1.29, 1.82) is 0 Å². The molecule has 1 aliphatic rings. The van der Waals surface area contributed by atoms with Crippen molar-refractivity contribution in [3.63, 3.8) is 0 Å². The minimum atomic E-state index is -0.352. The molecule has 8 heteroatoms. The molecule has 0 N–H and O–H groups in total. The highest BCUT2D eigenvalue weighted by atomic mass is 32.2. The fourth-order valence-corrected chi connectivity index (χ4v) is 4.74. The number of nitro benzene ring substituents is 1. The van der Waals surface area contributed by atoms with Crippen LogP contribution in [0.1, 0.15) is 30.1 Å². The van der Waals surface area contributed by atoms with E-state index < -0.39 is 0 Å². The molecule has 1 aliphatic heterocycles. The maximum Gasteiger partial charge on any atom is 0.292 e. The summed E-state index contributed by atoms with van der Waals surface area (Å²) >= 11 is 1.76. The molecular weight excluding hydrogens is 426 g/mol. The Hall–Kier alpha value is -3.39. The van der Waals surface area contributed by atoms with Gasteiger partial charge in [0.05, 0.1) is 9.95 Å². The Bertz CT molecular complexity index is 1100. The number of anilines is 1. The van der Waals surface area contributed by atoms with E-state index in [1.54, 1.807) is 54.4 Å². The van der Waals surface area contributed by atoms with Gasteiger partial charge in [-0.3, -0.25) is 14.9 Å². The summed E-state index contributed by atoms with van der Waals surface area (Å²) in [5.41, 5.74) is 1.24. The molecule has 2 aromatic carbocycles. The Morgan fingerprint density at radius 1 is 1.09 bits per heavy atom. The Labute approximate surface area is 190 Å². The number of hydrogen-bond acceptors (Lipinski definition) is 7. The standard InChI is InChI=1S/C24H23N3O4S/c1-17(28)18-5-7-19(8-6-18)31-20-9-10-22(27(29)30)23(16-20)26-14-11-21(12-15-26)32-24-4-2-3-13-25-24/h2-10,13,16,21H,11-12,14-15H2,1H3. The third-order valence-electron chi connectivity index (χ3n) is 5.35. The van der Waals surface area contributed by atoms with Crippen LogP contribution >= 0.6 is 11.8 Å². The lowest BCUT2D eigenvalue weighted by molar-refractivity contribution is -0.384. The smallest absolute Gasteiger partial charge is 0.292 e. The van der Waals surface area contributed by atoms with Crippen molar-refractivity contribution in [2.45, 2.75) is 30.0 Å². The van der Waals surface area contributed by atoms with Crippen LogP contribution in [-0.4, -0.2) is 34.0 Å². The summed E-state index contributed by atoms with van der Waals surface area (Å²) in [7, 11) is 0. The van der Waals surface area contributed by atoms with Gasteiger partial charge in [0.1, 0.15) is 17.2 Å². The number of hydrogen-bond donors (Lipinski definition) is 0. The van der Waals surface area contributed by atoms with E-state index in [4.69, 9.17) is 4.74 Å². The number of benzene rings is 2. The van der Waals surface area contributed by atoms with E-state index in [1.807, 2.05) is 18.2 Å². The van der Waals surface area contributed by atoms with Crippen LogP contribution in [0.4, 0.5) is 11.4 Å². The predicted octanol–water partition coefficient (Wildman–Crippen LogP) is 5.75. The number of pyridine rings is 1. The van der Waals surface area contributed by atoms with Gasteiger partial charge >= 0.3 is 0 Å². The van der Waals surface area contributed by atoms with Gasteiger partial charge in [-0.15, -0.1) is 11.8 Å². The topological polar surface area (TPSA) is 85.6 Å². The monoisotopic (exact) mass is 449 g/mol. The van der Waals surface area contributed by atoms with E-state index >= 15 is 0 Å². The van der Waals surface area contributed by atoms with Gasteiger partial charge in [-0.1, -0.05) is 6.07 Å². The number of carbonyl (C=O) groups excluding carboxylic acids is 1. The molecule has 7 nitrogen and oxygen atoms in total. The Balaban J connectivity index is 1.47. The van der Waals surface area contributed by atoms with Gasteiger partial charge in [-0.2, -0.15) is 0 Å². The van der Waals surface area contributed by atoms with Crippen LogP contribution in [0.2, 0.25) is 0 Å². The third-order valence-corrected chi connectivity index (χ3v) is 6.64. The summed E-state index contributed by atoms with van der Waals surface area (Å²) in [5, 5.41) is 13.1. The Morgan fingerprint density at radius 2 is 1.81 bits per heavy atom. The first-order valence-corrected chi connectivity index (χ1v) is 11.3. The fourth-order valence-electron chi connectivity index (χ4n) is 3.67. The first-order valence-electron chi connectivity index (χ1n) is 10.4. The van der Waals surface area contributed by atoms with Crippen molar-refractivity contribution in [1.82, 2.24) is 4.98 Å². The molecular formula is C24H23N3O4S. The zero-order valence-electron chi connectivity index (χ0n) is 17.6. The number of nitro groups is 1. The molecule has 4 rings (SSSR count). The first-order chi connectivity index (χ1) is 15.5. The Morgan fingerprint density at radius 3 is 2.44 bits per heavy atom. The fraction of sp³-hybridized carbons (Fsp3) is 0.250. The molecule has 1 fully saturated rings. The molecule has 2 heterocycles. The van der Waals surface area contributed by atoms with E-state index in [9.17, 15) is 14.9 Å². The van der Waals surface area contributed by atoms with E-state index in [1.165, 1.54) is 13.0 Å². The highest BCUT2D eigenvalue weighted by Gasteiger charge is 2.26. The number of aromatic nitrogens is 1. The van der Waals surface area contributed by atoms with Crippen LogP contribution < -0.4 is 9.64 Å². The molecule has 0 bridgehead atoms. The van der Waals surface area contributed by atoms with Gasteiger partial charge < -0.3 is 9.64 Å². The predicted molar refractivity (Wildman–Crippen MR) is 125 cm³/mol. The SMILES string of the molecule is CC(=O)c1ccc(Oc2ccc([N+](=O)[O-])c(N3CCC(Sc4ccccn4)CC3)c2)cc1. The summed E-state index contributed by atoms with van der Waals surface area (Å²) in [4.78, 5) is 29.2. The molecule has 0 amide bonds. The van der Waals surface area contributed by atoms with Crippen LogP contribution in [0, 0.1) is 10.1 Å². The molecule has 164 valence electrons. The van der Waals surface area contributed by atoms with Crippen LogP contribution in [0.3, 0.4) is 0 Å². The number of nitrogens with zero attached hydrogens (tertiary/aromatic N) is 3. The molecule has 1 saturated heterocycles. The first kappa shape index (κ1) is 21.8. The number of rotatable bonds is 7. The second kappa shape index (κ2) is 9.82. The highest BCUT2D eigenvalue weighted by molar-refractivity contribution is 7.99. The minimum absolute atomic E-state index is 0.0150. The lowest BCUT2D eigenvalue weighted by atomic mass is 10.1.